The predicted molar refractivity (Wildman–Crippen MR) is 80.0 cm³/mol. The van der Waals surface area contributed by atoms with E-state index < -0.39 is 5.97 Å². The number of carboxylic acids is 1. The maximum atomic E-state index is 11.2. The Hall–Kier alpha value is -2.89. The Balaban J connectivity index is 2.41. The zero-order chi connectivity index (χ0) is 15.4. The molecule has 1 heterocycles. The second-order valence-corrected chi connectivity index (χ2v) is 4.37. The van der Waals surface area contributed by atoms with E-state index >= 15 is 0 Å². The van der Waals surface area contributed by atoms with Gasteiger partial charge in [0.15, 0.2) is 0 Å². The molecule has 1 aromatic heterocycles. The minimum atomic E-state index is -1.09. The zero-order valence-corrected chi connectivity index (χ0v) is 11.7. The highest BCUT2D eigenvalue weighted by atomic mass is 16.5. The van der Waals surface area contributed by atoms with Gasteiger partial charge in [0.1, 0.15) is 11.6 Å². The lowest BCUT2D eigenvalue weighted by atomic mass is 10.1. The van der Waals surface area contributed by atoms with Crippen molar-refractivity contribution >= 4 is 23.2 Å². The van der Waals surface area contributed by atoms with Gasteiger partial charge in [0.2, 0.25) is 0 Å². The van der Waals surface area contributed by atoms with E-state index in [0.717, 1.165) is 11.4 Å². The van der Waals surface area contributed by atoms with Gasteiger partial charge in [0.05, 0.1) is 18.2 Å². The molecule has 0 saturated heterocycles. The highest BCUT2D eigenvalue weighted by Gasteiger charge is 2.17. The number of hydrogen-bond donors (Lipinski definition) is 3. The molecule has 6 heteroatoms. The van der Waals surface area contributed by atoms with Gasteiger partial charge < -0.3 is 20.6 Å². The molecule has 0 amide bonds. The van der Waals surface area contributed by atoms with Crippen molar-refractivity contribution in [3.8, 4) is 5.75 Å². The van der Waals surface area contributed by atoms with E-state index in [1.807, 2.05) is 0 Å². The van der Waals surface area contributed by atoms with Crippen LogP contribution >= 0.6 is 0 Å². The highest BCUT2D eigenvalue weighted by molar-refractivity contribution is 6.09. The smallest absolute Gasteiger partial charge is 0.336 e. The quantitative estimate of drug-likeness (QED) is 0.734. The van der Waals surface area contributed by atoms with E-state index in [1.165, 1.54) is 19.2 Å². The predicted octanol–water partition coefficient (Wildman–Crippen LogP) is 2.92. The van der Waals surface area contributed by atoms with Crippen LogP contribution in [0, 0.1) is 5.41 Å². The second-order valence-electron chi connectivity index (χ2n) is 4.37. The highest BCUT2D eigenvalue weighted by Crippen LogP contribution is 2.23. The number of aromatic carboxylic acids is 1. The molecule has 0 saturated carbocycles. The standard InChI is InChI=1S/C15H15N3O3/c1-9(16)13-12(15(19)20)7-8-17-14(13)18-10-3-5-11(21-2)6-4-10/h3-8,16H,1-2H3,(H,17,18)(H,19,20). The van der Waals surface area contributed by atoms with Gasteiger partial charge in [-0.05, 0) is 37.3 Å². The fraction of sp³-hybridized carbons (Fsp3) is 0.133. The van der Waals surface area contributed by atoms with Crippen LogP contribution in [-0.4, -0.2) is 28.9 Å². The average Bonchev–Trinajstić information content (AvgIpc) is 2.47. The van der Waals surface area contributed by atoms with Gasteiger partial charge in [-0.1, -0.05) is 0 Å². The van der Waals surface area contributed by atoms with Crippen LogP contribution in [0.4, 0.5) is 11.5 Å². The average molecular weight is 285 g/mol. The van der Waals surface area contributed by atoms with E-state index in [2.05, 4.69) is 10.3 Å². The normalized spacial score (nSPS) is 10.0. The molecular formula is C15H15N3O3. The van der Waals surface area contributed by atoms with Crippen molar-refractivity contribution in [1.82, 2.24) is 4.98 Å². The molecule has 0 aliphatic carbocycles. The van der Waals surface area contributed by atoms with Gasteiger partial charge in [-0.3, -0.25) is 0 Å². The topological polar surface area (TPSA) is 95.3 Å². The lowest BCUT2D eigenvalue weighted by Gasteiger charge is -2.12. The molecule has 0 bridgehead atoms. The summed E-state index contributed by atoms with van der Waals surface area (Å²) in [5.74, 6) is -0.0272. The number of nitrogens with zero attached hydrogens (tertiary/aromatic N) is 1. The van der Waals surface area contributed by atoms with Crippen LogP contribution in [0.1, 0.15) is 22.8 Å². The molecule has 3 N–H and O–H groups in total. The number of hydrogen-bond acceptors (Lipinski definition) is 5. The fourth-order valence-corrected chi connectivity index (χ4v) is 1.93. The SMILES string of the molecule is COc1ccc(Nc2nccc(C(=O)O)c2C(C)=N)cc1. The summed E-state index contributed by atoms with van der Waals surface area (Å²) >= 11 is 0. The number of anilines is 2. The molecule has 0 aliphatic rings. The van der Waals surface area contributed by atoms with Gasteiger partial charge in [-0.2, -0.15) is 0 Å². The number of methoxy groups -OCH3 is 1. The first-order valence-corrected chi connectivity index (χ1v) is 6.22. The van der Waals surface area contributed by atoms with E-state index in [4.69, 9.17) is 10.1 Å². The van der Waals surface area contributed by atoms with Gasteiger partial charge in [0, 0.05) is 17.6 Å². The minimum absolute atomic E-state index is 0.0495. The first kappa shape index (κ1) is 14.5. The number of pyridine rings is 1. The molecule has 0 radical (unpaired) electrons. The molecule has 1 aromatic carbocycles. The first-order valence-electron chi connectivity index (χ1n) is 6.22. The van der Waals surface area contributed by atoms with E-state index in [1.54, 1.807) is 31.4 Å². The number of nitrogens with one attached hydrogen (secondary N) is 2. The molecule has 6 nitrogen and oxygen atoms in total. The van der Waals surface area contributed by atoms with Crippen LogP contribution in [0.15, 0.2) is 36.5 Å². The summed E-state index contributed by atoms with van der Waals surface area (Å²) in [4.78, 5) is 15.4. The molecule has 0 spiro atoms. The number of carboxylic acid groups (broad SMARTS) is 1. The van der Waals surface area contributed by atoms with Gasteiger partial charge in [-0.25, -0.2) is 9.78 Å². The summed E-state index contributed by atoms with van der Waals surface area (Å²) in [6.07, 6.45) is 1.40. The summed E-state index contributed by atoms with van der Waals surface area (Å²) in [6, 6.07) is 8.52. The molecule has 0 aliphatic heterocycles. The maximum absolute atomic E-state index is 11.2. The molecule has 108 valence electrons. The fourth-order valence-electron chi connectivity index (χ4n) is 1.93. The van der Waals surface area contributed by atoms with E-state index in [0.29, 0.717) is 5.82 Å². The number of aromatic nitrogens is 1. The Bertz CT molecular complexity index is 681. The van der Waals surface area contributed by atoms with Crippen molar-refractivity contribution in [1.29, 1.82) is 5.41 Å². The van der Waals surface area contributed by atoms with Gasteiger partial charge >= 0.3 is 5.97 Å². The Morgan fingerprint density at radius 1 is 1.29 bits per heavy atom. The third-order valence-corrected chi connectivity index (χ3v) is 2.91. The summed E-state index contributed by atoms with van der Waals surface area (Å²) in [6.45, 7) is 1.53. The summed E-state index contributed by atoms with van der Waals surface area (Å²) in [5.41, 5.74) is 1.19. The van der Waals surface area contributed by atoms with Crippen molar-refractivity contribution in [3.63, 3.8) is 0 Å². The second kappa shape index (κ2) is 6.04. The van der Waals surface area contributed by atoms with Crippen LogP contribution in [0.5, 0.6) is 5.75 Å². The molecule has 2 rings (SSSR count). The monoisotopic (exact) mass is 285 g/mol. The van der Waals surface area contributed by atoms with Crippen LogP contribution in [0.2, 0.25) is 0 Å². The van der Waals surface area contributed by atoms with Gasteiger partial charge in [0.25, 0.3) is 0 Å². The lowest BCUT2D eigenvalue weighted by Crippen LogP contribution is -2.11. The number of ether oxygens (including phenoxy) is 1. The summed E-state index contributed by atoms with van der Waals surface area (Å²) in [7, 11) is 1.58. The zero-order valence-electron chi connectivity index (χ0n) is 11.7. The molecular weight excluding hydrogens is 270 g/mol. The molecule has 0 unspecified atom stereocenters. The Labute approximate surface area is 121 Å². The van der Waals surface area contributed by atoms with Crippen molar-refractivity contribution < 1.29 is 14.6 Å². The third kappa shape index (κ3) is 3.17. The molecule has 0 atom stereocenters. The third-order valence-electron chi connectivity index (χ3n) is 2.91. The largest absolute Gasteiger partial charge is 0.497 e. The van der Waals surface area contributed by atoms with Gasteiger partial charge in [-0.15, -0.1) is 0 Å². The van der Waals surface area contributed by atoms with Crippen molar-refractivity contribution in [2.75, 3.05) is 12.4 Å². The summed E-state index contributed by atoms with van der Waals surface area (Å²) in [5, 5.41) is 20.0. The van der Waals surface area contributed by atoms with Crippen LogP contribution in [0.25, 0.3) is 0 Å². The minimum Gasteiger partial charge on any atom is -0.497 e. The van der Waals surface area contributed by atoms with E-state index in [-0.39, 0.29) is 16.8 Å². The maximum Gasteiger partial charge on any atom is 0.336 e. The first-order chi connectivity index (χ1) is 10.0. The number of carbonyl (C=O) groups is 1. The molecule has 0 fully saturated rings. The number of benzene rings is 1. The van der Waals surface area contributed by atoms with Crippen molar-refractivity contribution in [3.05, 3.63) is 47.7 Å². The molecule has 21 heavy (non-hydrogen) atoms. The van der Waals surface area contributed by atoms with Crippen molar-refractivity contribution in [2.45, 2.75) is 6.92 Å². The van der Waals surface area contributed by atoms with Crippen LogP contribution in [0.3, 0.4) is 0 Å². The Morgan fingerprint density at radius 2 is 1.95 bits per heavy atom. The lowest BCUT2D eigenvalue weighted by molar-refractivity contribution is 0.0696. The molecule has 2 aromatic rings. The Kier molecular flexibility index (Phi) is 4.18. The Morgan fingerprint density at radius 3 is 2.48 bits per heavy atom. The van der Waals surface area contributed by atoms with Crippen LogP contribution < -0.4 is 10.1 Å². The summed E-state index contributed by atoms with van der Waals surface area (Å²) < 4.78 is 5.08. The number of rotatable bonds is 5. The van der Waals surface area contributed by atoms with E-state index in [9.17, 15) is 9.90 Å². The van der Waals surface area contributed by atoms with Crippen LogP contribution in [-0.2, 0) is 0 Å². The van der Waals surface area contributed by atoms with Crippen molar-refractivity contribution in [2.24, 2.45) is 0 Å².